The lowest BCUT2D eigenvalue weighted by Gasteiger charge is -2.31. The summed E-state index contributed by atoms with van der Waals surface area (Å²) in [5, 5.41) is 0. The van der Waals surface area contributed by atoms with Crippen LogP contribution in [-0.2, 0) is 0 Å². The molecule has 0 spiro atoms. The fourth-order valence-corrected chi connectivity index (χ4v) is 2.87. The van der Waals surface area contributed by atoms with Crippen LogP contribution in [0.5, 0.6) is 0 Å². The number of rotatable bonds is 1. The van der Waals surface area contributed by atoms with Gasteiger partial charge in [0, 0.05) is 24.7 Å². The molecular weight excluding hydrogens is 224 g/mol. The maximum Gasteiger partial charge on any atom is 0.254 e. The van der Waals surface area contributed by atoms with Crippen LogP contribution >= 0.6 is 0 Å². The minimum atomic E-state index is 0.133. The van der Waals surface area contributed by atoms with E-state index in [-0.39, 0.29) is 11.9 Å². The second-order valence-corrected chi connectivity index (χ2v) is 5.43. The first-order valence-electron chi connectivity index (χ1n) is 6.61. The highest BCUT2D eigenvalue weighted by Gasteiger charge is 2.24. The van der Waals surface area contributed by atoms with Crippen LogP contribution in [-0.4, -0.2) is 29.9 Å². The molecule has 1 saturated heterocycles. The highest BCUT2D eigenvalue weighted by atomic mass is 16.2. The van der Waals surface area contributed by atoms with E-state index in [4.69, 9.17) is 5.73 Å². The lowest BCUT2D eigenvalue weighted by Crippen LogP contribution is -2.46. The molecule has 1 aliphatic rings. The van der Waals surface area contributed by atoms with Crippen molar-refractivity contribution < 1.29 is 4.79 Å². The molecule has 2 rings (SSSR count). The van der Waals surface area contributed by atoms with Crippen LogP contribution in [0.25, 0.3) is 0 Å². The maximum atomic E-state index is 12.6. The van der Waals surface area contributed by atoms with Gasteiger partial charge in [0.25, 0.3) is 5.91 Å². The average Bonchev–Trinajstić information content (AvgIpc) is 2.27. The van der Waals surface area contributed by atoms with Gasteiger partial charge in [0.05, 0.1) is 0 Å². The third kappa shape index (κ3) is 2.56. The Morgan fingerprint density at radius 1 is 1.28 bits per heavy atom. The van der Waals surface area contributed by atoms with Gasteiger partial charge in [-0.15, -0.1) is 0 Å². The molecule has 2 N–H and O–H groups in total. The number of likely N-dealkylation sites (tertiary alicyclic amines) is 1. The number of aryl methyl sites for hydroxylation is 3. The van der Waals surface area contributed by atoms with Crippen molar-refractivity contribution in [1.29, 1.82) is 0 Å². The Hall–Kier alpha value is -1.35. The van der Waals surface area contributed by atoms with Gasteiger partial charge >= 0.3 is 0 Å². The molecule has 1 fully saturated rings. The van der Waals surface area contributed by atoms with E-state index in [0.717, 1.165) is 36.1 Å². The third-order valence-electron chi connectivity index (χ3n) is 3.64. The van der Waals surface area contributed by atoms with Crippen molar-refractivity contribution in [3.05, 3.63) is 34.4 Å². The lowest BCUT2D eigenvalue weighted by molar-refractivity contribution is 0.0707. The van der Waals surface area contributed by atoms with Crippen molar-refractivity contribution in [3.8, 4) is 0 Å². The van der Waals surface area contributed by atoms with Gasteiger partial charge in [-0.1, -0.05) is 17.7 Å². The van der Waals surface area contributed by atoms with Gasteiger partial charge in [0.1, 0.15) is 0 Å². The van der Waals surface area contributed by atoms with Gasteiger partial charge in [-0.2, -0.15) is 0 Å². The molecule has 18 heavy (non-hydrogen) atoms. The summed E-state index contributed by atoms with van der Waals surface area (Å²) in [6.07, 6.45) is 2.03. The first-order valence-corrected chi connectivity index (χ1v) is 6.61. The van der Waals surface area contributed by atoms with Gasteiger partial charge in [-0.3, -0.25) is 4.79 Å². The molecule has 1 atom stereocenters. The number of piperidine rings is 1. The highest BCUT2D eigenvalue weighted by molar-refractivity contribution is 5.97. The normalized spacial score (nSPS) is 20.0. The zero-order valence-electron chi connectivity index (χ0n) is 11.5. The molecule has 1 amide bonds. The zero-order valence-corrected chi connectivity index (χ0v) is 11.5. The summed E-state index contributed by atoms with van der Waals surface area (Å²) < 4.78 is 0. The van der Waals surface area contributed by atoms with Gasteiger partial charge < -0.3 is 10.6 Å². The predicted octanol–water partition coefficient (Wildman–Crippen LogP) is 2.18. The minimum absolute atomic E-state index is 0.133. The van der Waals surface area contributed by atoms with E-state index >= 15 is 0 Å². The van der Waals surface area contributed by atoms with E-state index in [1.54, 1.807) is 0 Å². The number of benzene rings is 1. The van der Waals surface area contributed by atoms with Gasteiger partial charge in [-0.25, -0.2) is 0 Å². The summed E-state index contributed by atoms with van der Waals surface area (Å²) in [5.74, 6) is 0.139. The number of carbonyl (C=O) groups is 1. The van der Waals surface area contributed by atoms with Gasteiger partial charge in [0.2, 0.25) is 0 Å². The number of hydrogen-bond acceptors (Lipinski definition) is 2. The first kappa shape index (κ1) is 13.1. The average molecular weight is 246 g/mol. The molecule has 1 unspecified atom stereocenters. The van der Waals surface area contributed by atoms with Crippen LogP contribution in [0.1, 0.15) is 39.9 Å². The Morgan fingerprint density at radius 2 is 1.89 bits per heavy atom. The number of amides is 1. The lowest BCUT2D eigenvalue weighted by atomic mass is 9.97. The monoisotopic (exact) mass is 246 g/mol. The van der Waals surface area contributed by atoms with E-state index in [9.17, 15) is 4.79 Å². The molecule has 1 heterocycles. The molecule has 0 bridgehead atoms. The highest BCUT2D eigenvalue weighted by Crippen LogP contribution is 2.20. The molecule has 0 aromatic heterocycles. The second-order valence-electron chi connectivity index (χ2n) is 5.43. The third-order valence-corrected chi connectivity index (χ3v) is 3.64. The number of nitrogens with zero attached hydrogens (tertiary/aromatic N) is 1. The number of hydrogen-bond donors (Lipinski definition) is 1. The standard InChI is InChI=1S/C15H22N2O/c1-10-7-11(2)14(12(3)8-10)15(18)17-6-4-5-13(16)9-17/h7-8,13H,4-6,9,16H2,1-3H3. The molecule has 1 aliphatic heterocycles. The molecule has 0 saturated carbocycles. The van der Waals surface area contributed by atoms with E-state index in [1.807, 2.05) is 18.7 Å². The van der Waals surface area contributed by atoms with Crippen molar-refractivity contribution in [1.82, 2.24) is 4.90 Å². The molecule has 3 heteroatoms. The van der Waals surface area contributed by atoms with E-state index in [2.05, 4.69) is 19.1 Å². The van der Waals surface area contributed by atoms with Crippen molar-refractivity contribution in [2.75, 3.05) is 13.1 Å². The summed E-state index contributed by atoms with van der Waals surface area (Å²) >= 11 is 0. The number of nitrogens with two attached hydrogens (primary N) is 1. The molecule has 1 aromatic rings. The van der Waals surface area contributed by atoms with Crippen LogP contribution in [0.3, 0.4) is 0 Å². The SMILES string of the molecule is Cc1cc(C)c(C(=O)N2CCCC(N)C2)c(C)c1. The van der Waals surface area contributed by atoms with Crippen LogP contribution in [0.2, 0.25) is 0 Å². The number of carbonyl (C=O) groups excluding carboxylic acids is 1. The van der Waals surface area contributed by atoms with Crippen molar-refractivity contribution in [2.45, 2.75) is 39.7 Å². The summed E-state index contributed by atoms with van der Waals surface area (Å²) in [7, 11) is 0. The summed E-state index contributed by atoms with van der Waals surface area (Å²) in [5.41, 5.74) is 10.1. The van der Waals surface area contributed by atoms with E-state index < -0.39 is 0 Å². The van der Waals surface area contributed by atoms with E-state index in [1.165, 1.54) is 5.56 Å². The van der Waals surface area contributed by atoms with Gasteiger partial charge in [0.15, 0.2) is 0 Å². The van der Waals surface area contributed by atoms with Crippen LogP contribution in [0.4, 0.5) is 0 Å². The van der Waals surface area contributed by atoms with Crippen molar-refractivity contribution >= 4 is 5.91 Å². The summed E-state index contributed by atoms with van der Waals surface area (Å²) in [6, 6.07) is 4.28. The van der Waals surface area contributed by atoms with Gasteiger partial charge in [-0.05, 0) is 44.7 Å². The summed E-state index contributed by atoms with van der Waals surface area (Å²) in [4.78, 5) is 14.5. The van der Waals surface area contributed by atoms with Crippen LogP contribution in [0, 0.1) is 20.8 Å². The summed E-state index contributed by atoms with van der Waals surface area (Å²) in [6.45, 7) is 7.60. The molecule has 1 aromatic carbocycles. The maximum absolute atomic E-state index is 12.6. The van der Waals surface area contributed by atoms with Crippen LogP contribution < -0.4 is 5.73 Å². The topological polar surface area (TPSA) is 46.3 Å². The Morgan fingerprint density at radius 3 is 2.44 bits per heavy atom. The fourth-order valence-electron chi connectivity index (χ4n) is 2.87. The Labute approximate surface area is 109 Å². The van der Waals surface area contributed by atoms with E-state index in [0.29, 0.717) is 6.54 Å². The van der Waals surface area contributed by atoms with Crippen LogP contribution in [0.15, 0.2) is 12.1 Å². The molecule has 3 nitrogen and oxygen atoms in total. The molecule has 0 radical (unpaired) electrons. The quantitative estimate of drug-likeness (QED) is 0.825. The zero-order chi connectivity index (χ0) is 13.3. The largest absolute Gasteiger partial charge is 0.337 e. The van der Waals surface area contributed by atoms with Crippen molar-refractivity contribution in [2.24, 2.45) is 5.73 Å². The molecule has 0 aliphatic carbocycles. The second kappa shape index (κ2) is 5.11. The molecular formula is C15H22N2O. The first-order chi connectivity index (χ1) is 8.49. The molecule has 98 valence electrons. The fraction of sp³-hybridized carbons (Fsp3) is 0.533. The van der Waals surface area contributed by atoms with Crippen molar-refractivity contribution in [3.63, 3.8) is 0 Å². The predicted molar refractivity (Wildman–Crippen MR) is 73.8 cm³/mol. The minimum Gasteiger partial charge on any atom is -0.337 e. The smallest absolute Gasteiger partial charge is 0.254 e. The Balaban J connectivity index is 2.28. The Kier molecular flexibility index (Phi) is 3.71. The Bertz CT molecular complexity index is 445.